The van der Waals surface area contributed by atoms with Gasteiger partial charge in [0, 0.05) is 0 Å². The van der Waals surface area contributed by atoms with Crippen LogP contribution in [0.3, 0.4) is 0 Å². The van der Waals surface area contributed by atoms with Crippen molar-refractivity contribution in [2.45, 2.75) is 12.8 Å². The predicted molar refractivity (Wildman–Crippen MR) is 49.6 cm³/mol. The normalized spacial score (nSPS) is 12.2. The third kappa shape index (κ3) is 1.84. The van der Waals surface area contributed by atoms with E-state index in [0.29, 0.717) is 5.90 Å². The van der Waals surface area contributed by atoms with Crippen LogP contribution in [0.4, 0.5) is 0 Å². The smallest absolute Gasteiger partial charge is 0.187 e. The van der Waals surface area contributed by atoms with E-state index in [1.54, 1.807) is 0 Å². The molecular formula is C10H13NO. The first-order valence-corrected chi connectivity index (χ1v) is 3.93. The molecule has 0 fully saturated rings. The molecule has 2 heteroatoms. The second kappa shape index (κ2) is 3.90. The lowest BCUT2D eigenvalue weighted by atomic mass is 10.0. The van der Waals surface area contributed by atoms with E-state index in [0.717, 1.165) is 5.56 Å². The zero-order chi connectivity index (χ0) is 8.97. The van der Waals surface area contributed by atoms with Gasteiger partial charge in [-0.2, -0.15) is 0 Å². The van der Waals surface area contributed by atoms with Crippen molar-refractivity contribution in [3.8, 4) is 0 Å². The third-order valence-electron chi connectivity index (χ3n) is 1.91. The first-order chi connectivity index (χ1) is 5.75. The van der Waals surface area contributed by atoms with Crippen LogP contribution in [0.1, 0.15) is 18.4 Å². The highest BCUT2D eigenvalue weighted by molar-refractivity contribution is 5.80. The second-order valence-electron chi connectivity index (χ2n) is 2.70. The minimum atomic E-state index is 0.0520. The Hall–Kier alpha value is -1.31. The molecule has 1 aromatic rings. The molecule has 0 bridgehead atoms. The quantitative estimate of drug-likeness (QED) is 0.527. The van der Waals surface area contributed by atoms with Crippen LogP contribution in [0, 0.1) is 5.41 Å². The maximum atomic E-state index is 7.46. The lowest BCUT2D eigenvalue weighted by Crippen LogP contribution is -2.09. The van der Waals surface area contributed by atoms with Crippen LogP contribution in [0.15, 0.2) is 30.3 Å². The molecule has 0 amide bonds. The molecule has 0 heterocycles. The monoisotopic (exact) mass is 163 g/mol. The van der Waals surface area contributed by atoms with Gasteiger partial charge in [-0.05, 0) is 12.5 Å². The predicted octanol–water partition coefficient (Wildman–Crippen LogP) is 2.41. The molecule has 0 unspecified atom stereocenters. The fraction of sp³-hybridized carbons (Fsp3) is 0.300. The highest BCUT2D eigenvalue weighted by atomic mass is 16.5. The zero-order valence-corrected chi connectivity index (χ0v) is 7.37. The molecule has 1 N–H and O–H groups in total. The molecule has 0 aliphatic carbocycles. The summed E-state index contributed by atoms with van der Waals surface area (Å²) in [6.45, 7) is 1.96. The molecule has 64 valence electrons. The summed E-state index contributed by atoms with van der Waals surface area (Å²) in [6.07, 6.45) is 0. The molecule has 1 atom stereocenters. The average molecular weight is 163 g/mol. The van der Waals surface area contributed by atoms with Crippen LogP contribution in [-0.4, -0.2) is 13.0 Å². The number of benzene rings is 1. The Kier molecular flexibility index (Phi) is 2.86. The van der Waals surface area contributed by atoms with Gasteiger partial charge in [-0.25, -0.2) is 0 Å². The molecule has 12 heavy (non-hydrogen) atoms. The molecule has 0 aliphatic heterocycles. The van der Waals surface area contributed by atoms with E-state index < -0.39 is 0 Å². The summed E-state index contributed by atoms with van der Waals surface area (Å²) in [7, 11) is 1.53. The van der Waals surface area contributed by atoms with Crippen LogP contribution in [-0.2, 0) is 4.74 Å². The van der Waals surface area contributed by atoms with E-state index in [1.807, 2.05) is 37.3 Å². The van der Waals surface area contributed by atoms with E-state index in [2.05, 4.69) is 0 Å². The van der Waals surface area contributed by atoms with Crippen LogP contribution in [0.5, 0.6) is 0 Å². The maximum Gasteiger partial charge on any atom is 0.187 e. The number of hydrogen-bond acceptors (Lipinski definition) is 2. The number of ether oxygens (including phenoxy) is 1. The molecule has 1 aromatic carbocycles. The van der Waals surface area contributed by atoms with Crippen molar-refractivity contribution in [1.29, 1.82) is 5.41 Å². The van der Waals surface area contributed by atoms with E-state index in [4.69, 9.17) is 10.1 Å². The Labute approximate surface area is 72.7 Å². The Morgan fingerprint density at radius 3 is 2.42 bits per heavy atom. The number of methoxy groups -OCH3 is 1. The summed E-state index contributed by atoms with van der Waals surface area (Å²) in [5, 5.41) is 7.46. The van der Waals surface area contributed by atoms with Gasteiger partial charge in [-0.15, -0.1) is 0 Å². The maximum absolute atomic E-state index is 7.46. The first kappa shape index (κ1) is 8.78. The molecule has 0 aromatic heterocycles. The van der Waals surface area contributed by atoms with Crippen molar-refractivity contribution in [2.75, 3.05) is 7.11 Å². The van der Waals surface area contributed by atoms with Gasteiger partial charge in [0.2, 0.25) is 0 Å². The molecular weight excluding hydrogens is 150 g/mol. The highest BCUT2D eigenvalue weighted by Crippen LogP contribution is 2.15. The summed E-state index contributed by atoms with van der Waals surface area (Å²) < 4.78 is 4.85. The van der Waals surface area contributed by atoms with Gasteiger partial charge in [0.25, 0.3) is 0 Å². The Balaban J connectivity index is 2.78. The summed E-state index contributed by atoms with van der Waals surface area (Å²) in [5.74, 6) is 0.359. The van der Waals surface area contributed by atoms with Crippen LogP contribution >= 0.6 is 0 Å². The topological polar surface area (TPSA) is 33.1 Å². The highest BCUT2D eigenvalue weighted by Gasteiger charge is 2.10. The SMILES string of the molecule is COC(=N)[C@H](C)c1ccccc1. The van der Waals surface area contributed by atoms with Crippen molar-refractivity contribution in [3.63, 3.8) is 0 Å². The minimum Gasteiger partial charge on any atom is -0.484 e. The van der Waals surface area contributed by atoms with Crippen LogP contribution < -0.4 is 0 Å². The average Bonchev–Trinajstić information content (AvgIpc) is 2.17. The van der Waals surface area contributed by atoms with Crippen molar-refractivity contribution in [2.24, 2.45) is 0 Å². The molecule has 2 nitrogen and oxygen atoms in total. The summed E-state index contributed by atoms with van der Waals surface area (Å²) in [6, 6.07) is 9.90. The van der Waals surface area contributed by atoms with Gasteiger partial charge in [0.05, 0.1) is 13.0 Å². The van der Waals surface area contributed by atoms with Gasteiger partial charge < -0.3 is 4.74 Å². The third-order valence-corrected chi connectivity index (χ3v) is 1.91. The van der Waals surface area contributed by atoms with Gasteiger partial charge in [0.15, 0.2) is 5.90 Å². The number of hydrogen-bond donors (Lipinski definition) is 1. The Morgan fingerprint density at radius 1 is 1.33 bits per heavy atom. The van der Waals surface area contributed by atoms with Crippen molar-refractivity contribution in [3.05, 3.63) is 35.9 Å². The summed E-state index contributed by atoms with van der Waals surface area (Å²) in [4.78, 5) is 0. The van der Waals surface area contributed by atoms with E-state index in [-0.39, 0.29) is 5.92 Å². The first-order valence-electron chi connectivity index (χ1n) is 3.93. The van der Waals surface area contributed by atoms with E-state index in [1.165, 1.54) is 7.11 Å². The number of nitrogens with one attached hydrogen (secondary N) is 1. The van der Waals surface area contributed by atoms with Crippen molar-refractivity contribution >= 4 is 5.90 Å². The fourth-order valence-electron chi connectivity index (χ4n) is 1.07. The second-order valence-corrected chi connectivity index (χ2v) is 2.70. The standard InChI is InChI=1S/C10H13NO/c1-8(10(11)12-2)9-6-4-3-5-7-9/h3-8,11H,1-2H3/t8-/m1/s1. The van der Waals surface area contributed by atoms with E-state index in [9.17, 15) is 0 Å². The van der Waals surface area contributed by atoms with E-state index >= 15 is 0 Å². The lowest BCUT2D eigenvalue weighted by molar-refractivity contribution is 0.380. The van der Waals surface area contributed by atoms with Crippen molar-refractivity contribution < 1.29 is 4.74 Å². The molecule has 0 aliphatic rings. The van der Waals surface area contributed by atoms with Gasteiger partial charge >= 0.3 is 0 Å². The fourth-order valence-corrected chi connectivity index (χ4v) is 1.07. The molecule has 0 saturated carbocycles. The molecule has 0 radical (unpaired) electrons. The minimum absolute atomic E-state index is 0.0520. The Morgan fingerprint density at radius 2 is 1.92 bits per heavy atom. The molecule has 1 rings (SSSR count). The summed E-state index contributed by atoms with van der Waals surface area (Å²) in [5.41, 5.74) is 1.12. The largest absolute Gasteiger partial charge is 0.484 e. The number of rotatable bonds is 2. The van der Waals surface area contributed by atoms with Crippen LogP contribution in [0.2, 0.25) is 0 Å². The zero-order valence-electron chi connectivity index (χ0n) is 7.37. The van der Waals surface area contributed by atoms with Gasteiger partial charge in [-0.3, -0.25) is 5.41 Å². The lowest BCUT2D eigenvalue weighted by Gasteiger charge is -2.11. The molecule has 0 spiro atoms. The van der Waals surface area contributed by atoms with Gasteiger partial charge in [-0.1, -0.05) is 30.3 Å². The Bertz CT molecular complexity index is 256. The van der Waals surface area contributed by atoms with Crippen molar-refractivity contribution in [1.82, 2.24) is 0 Å². The van der Waals surface area contributed by atoms with Gasteiger partial charge in [0.1, 0.15) is 0 Å². The molecule has 0 saturated heterocycles. The van der Waals surface area contributed by atoms with Crippen LogP contribution in [0.25, 0.3) is 0 Å². The summed E-state index contributed by atoms with van der Waals surface area (Å²) >= 11 is 0.